The summed E-state index contributed by atoms with van der Waals surface area (Å²) >= 11 is 0. The Balaban J connectivity index is 1.71. The standard InChI is InChI=1S/C10H20N2O/c13-10-4-7-12(8-10)9-11-5-2-1-3-6-11/h10,13H,1-9H2/t10-/m0/s1. The first-order valence-corrected chi connectivity index (χ1v) is 5.47. The molecule has 0 unspecified atom stereocenters. The molecule has 2 saturated heterocycles. The van der Waals surface area contributed by atoms with Gasteiger partial charge in [-0.3, -0.25) is 9.80 Å². The molecular formula is C10H20N2O. The molecule has 1 N–H and O–H groups in total. The number of β-amino-alcohol motifs (C(OH)–C–C–N with tert-alkyl or cyclic N) is 1. The maximum atomic E-state index is 9.37. The first-order chi connectivity index (χ1) is 6.34. The normalized spacial score (nSPS) is 32.5. The van der Waals surface area contributed by atoms with E-state index in [2.05, 4.69) is 9.80 Å². The van der Waals surface area contributed by atoms with Crippen molar-refractivity contribution in [1.82, 2.24) is 9.80 Å². The van der Waals surface area contributed by atoms with Crippen LogP contribution in [0.2, 0.25) is 0 Å². The zero-order valence-corrected chi connectivity index (χ0v) is 8.28. The first kappa shape index (κ1) is 9.44. The molecule has 0 aromatic rings. The zero-order valence-electron chi connectivity index (χ0n) is 8.28. The van der Waals surface area contributed by atoms with Crippen LogP contribution in [0, 0.1) is 0 Å². The summed E-state index contributed by atoms with van der Waals surface area (Å²) in [5.41, 5.74) is 0. The second-order valence-corrected chi connectivity index (χ2v) is 4.34. The molecule has 2 aliphatic heterocycles. The van der Waals surface area contributed by atoms with Gasteiger partial charge in [-0.25, -0.2) is 0 Å². The van der Waals surface area contributed by atoms with Gasteiger partial charge in [0.1, 0.15) is 0 Å². The molecule has 0 aromatic carbocycles. The molecule has 0 aromatic heterocycles. The minimum absolute atomic E-state index is 0.0650. The van der Waals surface area contributed by atoms with Crippen LogP contribution >= 0.6 is 0 Å². The lowest BCUT2D eigenvalue weighted by atomic mass is 10.1. The van der Waals surface area contributed by atoms with Crippen LogP contribution in [-0.2, 0) is 0 Å². The van der Waals surface area contributed by atoms with Crippen molar-refractivity contribution in [2.75, 3.05) is 32.8 Å². The summed E-state index contributed by atoms with van der Waals surface area (Å²) in [6, 6.07) is 0. The molecule has 0 amide bonds. The maximum Gasteiger partial charge on any atom is 0.0679 e. The van der Waals surface area contributed by atoms with Gasteiger partial charge in [-0.05, 0) is 32.4 Å². The van der Waals surface area contributed by atoms with Crippen LogP contribution in [0.25, 0.3) is 0 Å². The Labute approximate surface area is 80.3 Å². The van der Waals surface area contributed by atoms with Crippen molar-refractivity contribution in [1.29, 1.82) is 0 Å². The smallest absolute Gasteiger partial charge is 0.0679 e. The van der Waals surface area contributed by atoms with Crippen molar-refractivity contribution >= 4 is 0 Å². The lowest BCUT2D eigenvalue weighted by Gasteiger charge is -2.30. The SMILES string of the molecule is O[C@H]1CCN(CN2CCCCC2)C1. The van der Waals surface area contributed by atoms with Gasteiger partial charge in [0.05, 0.1) is 12.8 Å². The average molecular weight is 184 g/mol. The number of hydrogen-bond acceptors (Lipinski definition) is 3. The van der Waals surface area contributed by atoms with Crippen molar-refractivity contribution in [3.05, 3.63) is 0 Å². The largest absolute Gasteiger partial charge is 0.392 e. The van der Waals surface area contributed by atoms with E-state index in [0.717, 1.165) is 26.2 Å². The highest BCUT2D eigenvalue weighted by Gasteiger charge is 2.22. The lowest BCUT2D eigenvalue weighted by molar-refractivity contribution is 0.113. The summed E-state index contributed by atoms with van der Waals surface area (Å²) in [7, 11) is 0. The van der Waals surface area contributed by atoms with E-state index < -0.39 is 0 Å². The molecule has 2 heterocycles. The maximum absolute atomic E-state index is 9.37. The quantitative estimate of drug-likeness (QED) is 0.677. The Bertz CT molecular complexity index is 154. The molecule has 2 fully saturated rings. The van der Waals surface area contributed by atoms with Crippen LogP contribution in [0.15, 0.2) is 0 Å². The molecule has 13 heavy (non-hydrogen) atoms. The van der Waals surface area contributed by atoms with Gasteiger partial charge < -0.3 is 5.11 Å². The van der Waals surface area contributed by atoms with E-state index in [1.807, 2.05) is 0 Å². The summed E-state index contributed by atoms with van der Waals surface area (Å²) in [6.45, 7) is 5.56. The van der Waals surface area contributed by atoms with E-state index in [1.54, 1.807) is 0 Å². The van der Waals surface area contributed by atoms with Gasteiger partial charge in [0.15, 0.2) is 0 Å². The fourth-order valence-corrected chi connectivity index (χ4v) is 2.32. The Hall–Kier alpha value is -0.120. The number of aliphatic hydroxyl groups excluding tert-OH is 1. The van der Waals surface area contributed by atoms with Gasteiger partial charge in [-0.1, -0.05) is 6.42 Å². The zero-order chi connectivity index (χ0) is 9.10. The summed E-state index contributed by atoms with van der Waals surface area (Å²) in [6.07, 6.45) is 5.02. The van der Waals surface area contributed by atoms with E-state index in [0.29, 0.717) is 0 Å². The monoisotopic (exact) mass is 184 g/mol. The van der Waals surface area contributed by atoms with Gasteiger partial charge in [0.2, 0.25) is 0 Å². The molecule has 0 radical (unpaired) electrons. The Morgan fingerprint density at radius 1 is 1.00 bits per heavy atom. The number of aliphatic hydroxyl groups is 1. The van der Waals surface area contributed by atoms with E-state index in [-0.39, 0.29) is 6.10 Å². The number of piperidine rings is 1. The van der Waals surface area contributed by atoms with Gasteiger partial charge in [0.25, 0.3) is 0 Å². The van der Waals surface area contributed by atoms with E-state index in [1.165, 1.54) is 32.4 Å². The number of rotatable bonds is 2. The van der Waals surface area contributed by atoms with Crippen molar-refractivity contribution < 1.29 is 5.11 Å². The lowest BCUT2D eigenvalue weighted by Crippen LogP contribution is -2.39. The van der Waals surface area contributed by atoms with Crippen molar-refractivity contribution in [3.63, 3.8) is 0 Å². The molecule has 0 spiro atoms. The molecule has 3 heteroatoms. The third-order valence-corrected chi connectivity index (χ3v) is 3.10. The number of nitrogens with zero attached hydrogens (tertiary/aromatic N) is 2. The Morgan fingerprint density at radius 3 is 2.38 bits per heavy atom. The fraction of sp³-hybridized carbons (Fsp3) is 1.00. The molecular weight excluding hydrogens is 164 g/mol. The second-order valence-electron chi connectivity index (χ2n) is 4.34. The molecule has 0 aliphatic carbocycles. The minimum Gasteiger partial charge on any atom is -0.392 e. The van der Waals surface area contributed by atoms with Gasteiger partial charge >= 0.3 is 0 Å². The molecule has 0 bridgehead atoms. The molecule has 2 aliphatic rings. The molecule has 76 valence electrons. The second kappa shape index (κ2) is 4.40. The predicted molar refractivity (Wildman–Crippen MR) is 52.5 cm³/mol. The Morgan fingerprint density at radius 2 is 1.77 bits per heavy atom. The highest BCUT2D eigenvalue weighted by Crippen LogP contribution is 2.13. The van der Waals surface area contributed by atoms with E-state index in [4.69, 9.17) is 0 Å². The van der Waals surface area contributed by atoms with Crippen LogP contribution in [0.5, 0.6) is 0 Å². The summed E-state index contributed by atoms with van der Waals surface area (Å²) in [4.78, 5) is 4.89. The highest BCUT2D eigenvalue weighted by atomic mass is 16.3. The van der Waals surface area contributed by atoms with Gasteiger partial charge in [-0.2, -0.15) is 0 Å². The van der Waals surface area contributed by atoms with E-state index in [9.17, 15) is 5.11 Å². The third kappa shape index (κ3) is 2.66. The molecule has 1 atom stereocenters. The first-order valence-electron chi connectivity index (χ1n) is 5.47. The third-order valence-electron chi connectivity index (χ3n) is 3.10. The molecule has 2 rings (SSSR count). The van der Waals surface area contributed by atoms with Crippen molar-refractivity contribution in [3.8, 4) is 0 Å². The summed E-state index contributed by atoms with van der Waals surface area (Å²) in [5.74, 6) is 0. The van der Waals surface area contributed by atoms with E-state index >= 15 is 0 Å². The van der Waals surface area contributed by atoms with Crippen LogP contribution in [0.3, 0.4) is 0 Å². The molecule has 0 saturated carbocycles. The van der Waals surface area contributed by atoms with Crippen molar-refractivity contribution in [2.24, 2.45) is 0 Å². The van der Waals surface area contributed by atoms with Crippen LogP contribution in [0.1, 0.15) is 25.7 Å². The predicted octanol–water partition coefficient (Wildman–Crippen LogP) is 0.496. The summed E-state index contributed by atoms with van der Waals surface area (Å²) < 4.78 is 0. The number of likely N-dealkylation sites (tertiary alicyclic amines) is 2. The topological polar surface area (TPSA) is 26.7 Å². The highest BCUT2D eigenvalue weighted by molar-refractivity contribution is 4.75. The van der Waals surface area contributed by atoms with Gasteiger partial charge in [-0.15, -0.1) is 0 Å². The Kier molecular flexibility index (Phi) is 3.19. The van der Waals surface area contributed by atoms with Crippen molar-refractivity contribution in [2.45, 2.75) is 31.8 Å². The summed E-state index contributed by atoms with van der Waals surface area (Å²) in [5, 5.41) is 9.37. The fourth-order valence-electron chi connectivity index (χ4n) is 2.32. The van der Waals surface area contributed by atoms with Gasteiger partial charge in [0, 0.05) is 13.1 Å². The number of hydrogen-bond donors (Lipinski definition) is 1. The average Bonchev–Trinajstić information content (AvgIpc) is 2.53. The minimum atomic E-state index is -0.0650. The van der Waals surface area contributed by atoms with Crippen LogP contribution in [0.4, 0.5) is 0 Å². The van der Waals surface area contributed by atoms with Crippen LogP contribution < -0.4 is 0 Å². The molecule has 3 nitrogen and oxygen atoms in total. The van der Waals surface area contributed by atoms with Crippen LogP contribution in [-0.4, -0.2) is 53.9 Å².